The molecule has 0 bridgehead atoms. The van der Waals surface area contributed by atoms with Crippen LogP contribution in [0.1, 0.15) is 11.1 Å². The Bertz CT molecular complexity index is 735. The lowest BCUT2D eigenvalue weighted by Gasteiger charge is -2.15. The summed E-state index contributed by atoms with van der Waals surface area (Å²) in [6.45, 7) is -0.668. The first-order valence-corrected chi connectivity index (χ1v) is 6.34. The van der Waals surface area contributed by atoms with Crippen molar-refractivity contribution in [2.75, 3.05) is 18.5 Å². The van der Waals surface area contributed by atoms with Crippen LogP contribution in [-0.4, -0.2) is 35.0 Å². The third-order valence-corrected chi connectivity index (χ3v) is 3.07. The number of aliphatic hydroxyl groups is 1. The topological polar surface area (TPSA) is 93.4 Å². The molecule has 2 N–H and O–H groups in total. The second kappa shape index (κ2) is 6.10. The van der Waals surface area contributed by atoms with Gasteiger partial charge in [0.05, 0.1) is 30.0 Å². The van der Waals surface area contributed by atoms with E-state index in [0.29, 0.717) is 6.07 Å². The number of nitrogens with zero attached hydrogens (tertiary/aromatic N) is 2. The number of carbonyl (C=O) groups is 2. The van der Waals surface area contributed by atoms with Gasteiger partial charge in [0.25, 0.3) is 11.8 Å². The molecule has 0 spiro atoms. The van der Waals surface area contributed by atoms with E-state index < -0.39 is 30.2 Å². The van der Waals surface area contributed by atoms with Crippen molar-refractivity contribution in [3.63, 3.8) is 0 Å². The van der Waals surface area contributed by atoms with E-state index in [9.17, 15) is 22.8 Å². The number of hydrogen-bond acceptors (Lipinski definition) is 5. The van der Waals surface area contributed by atoms with Crippen molar-refractivity contribution >= 4 is 17.5 Å². The number of rotatable bonds is 4. The highest BCUT2D eigenvalue weighted by Gasteiger charge is 2.33. The SMILES string of the molecule is N#Cc1ccc(C(F)(F)F)cc1NC1=CC(=O)N(CCO)C1=O. The molecule has 0 aromatic heterocycles. The normalized spacial score (nSPS) is 14.7. The van der Waals surface area contributed by atoms with Gasteiger partial charge in [-0.05, 0) is 18.2 Å². The Morgan fingerprint density at radius 2 is 2.00 bits per heavy atom. The summed E-state index contributed by atoms with van der Waals surface area (Å²) >= 11 is 0. The highest BCUT2D eigenvalue weighted by atomic mass is 19.4. The van der Waals surface area contributed by atoms with Crippen LogP contribution in [0.15, 0.2) is 30.0 Å². The fraction of sp³-hybridized carbons (Fsp3) is 0.214. The summed E-state index contributed by atoms with van der Waals surface area (Å²) < 4.78 is 38.2. The quantitative estimate of drug-likeness (QED) is 0.812. The molecule has 0 atom stereocenters. The number of anilines is 1. The number of carbonyl (C=O) groups excluding carboxylic acids is 2. The average Bonchev–Trinajstić information content (AvgIpc) is 2.74. The first-order valence-electron chi connectivity index (χ1n) is 6.34. The maximum atomic E-state index is 12.7. The lowest BCUT2D eigenvalue weighted by Crippen LogP contribution is -2.34. The van der Waals surface area contributed by atoms with E-state index in [-0.39, 0.29) is 23.5 Å². The van der Waals surface area contributed by atoms with E-state index in [1.54, 1.807) is 6.07 Å². The second-order valence-corrected chi connectivity index (χ2v) is 4.57. The van der Waals surface area contributed by atoms with Gasteiger partial charge in [0, 0.05) is 6.08 Å². The maximum absolute atomic E-state index is 12.7. The zero-order chi connectivity index (χ0) is 17.2. The summed E-state index contributed by atoms with van der Waals surface area (Å²) in [5.74, 6) is -1.48. The van der Waals surface area contributed by atoms with Crippen LogP contribution >= 0.6 is 0 Å². The first kappa shape index (κ1) is 16.5. The lowest BCUT2D eigenvalue weighted by atomic mass is 10.1. The van der Waals surface area contributed by atoms with Gasteiger partial charge in [0.2, 0.25) is 0 Å². The van der Waals surface area contributed by atoms with E-state index in [2.05, 4.69) is 5.32 Å². The molecular formula is C14H10F3N3O3. The van der Waals surface area contributed by atoms with Crippen LogP contribution in [0.4, 0.5) is 18.9 Å². The monoisotopic (exact) mass is 325 g/mol. The predicted octanol–water partition coefficient (Wildman–Crippen LogP) is 1.23. The van der Waals surface area contributed by atoms with E-state index in [1.807, 2.05) is 0 Å². The molecule has 0 saturated carbocycles. The molecule has 0 saturated heterocycles. The lowest BCUT2D eigenvalue weighted by molar-refractivity contribution is -0.138. The van der Waals surface area contributed by atoms with Crippen LogP contribution < -0.4 is 5.32 Å². The van der Waals surface area contributed by atoms with Gasteiger partial charge in [-0.25, -0.2) is 0 Å². The molecule has 1 aliphatic rings. The summed E-state index contributed by atoms with van der Waals surface area (Å²) in [4.78, 5) is 24.3. The Hall–Kier alpha value is -2.86. The van der Waals surface area contributed by atoms with Gasteiger partial charge in [-0.1, -0.05) is 0 Å². The highest BCUT2D eigenvalue weighted by molar-refractivity contribution is 6.17. The van der Waals surface area contributed by atoms with Crippen LogP contribution in [0.2, 0.25) is 0 Å². The van der Waals surface area contributed by atoms with Crippen molar-refractivity contribution in [2.45, 2.75) is 6.18 Å². The van der Waals surface area contributed by atoms with Crippen LogP contribution in [0.25, 0.3) is 0 Å². The first-order chi connectivity index (χ1) is 10.8. The molecule has 1 aromatic carbocycles. The highest BCUT2D eigenvalue weighted by Crippen LogP contribution is 2.32. The van der Waals surface area contributed by atoms with E-state index in [1.165, 1.54) is 0 Å². The minimum atomic E-state index is -4.61. The zero-order valence-corrected chi connectivity index (χ0v) is 11.5. The number of halogens is 3. The van der Waals surface area contributed by atoms with Gasteiger partial charge in [-0.2, -0.15) is 18.4 Å². The Morgan fingerprint density at radius 1 is 1.30 bits per heavy atom. The molecule has 2 amide bonds. The van der Waals surface area contributed by atoms with Gasteiger partial charge in [0.1, 0.15) is 11.8 Å². The van der Waals surface area contributed by atoms with E-state index in [4.69, 9.17) is 10.4 Å². The number of hydrogen-bond donors (Lipinski definition) is 2. The van der Waals surface area contributed by atoms with Gasteiger partial charge in [-0.15, -0.1) is 0 Å². The minimum Gasteiger partial charge on any atom is -0.395 e. The molecule has 1 aromatic rings. The third kappa shape index (κ3) is 3.32. The molecule has 120 valence electrons. The van der Waals surface area contributed by atoms with Crippen molar-refractivity contribution in [1.29, 1.82) is 5.26 Å². The molecule has 23 heavy (non-hydrogen) atoms. The summed E-state index contributed by atoms with van der Waals surface area (Å²) in [5, 5.41) is 20.1. The molecule has 0 radical (unpaired) electrons. The number of aliphatic hydroxyl groups excluding tert-OH is 1. The fourth-order valence-electron chi connectivity index (χ4n) is 1.98. The summed E-state index contributed by atoms with van der Waals surface area (Å²) in [5.41, 5.74) is -1.61. The number of imide groups is 1. The Labute approximate surface area is 128 Å². The molecule has 1 aliphatic heterocycles. The van der Waals surface area contributed by atoms with Crippen LogP contribution in [0.3, 0.4) is 0 Å². The zero-order valence-electron chi connectivity index (χ0n) is 11.5. The molecule has 2 rings (SSSR count). The molecule has 0 aliphatic carbocycles. The molecule has 0 fully saturated rings. The van der Waals surface area contributed by atoms with E-state index in [0.717, 1.165) is 23.1 Å². The van der Waals surface area contributed by atoms with Crippen molar-refractivity contribution in [3.8, 4) is 6.07 Å². The number of benzene rings is 1. The minimum absolute atomic E-state index is 0.111. The number of alkyl halides is 3. The maximum Gasteiger partial charge on any atom is 0.416 e. The standard InChI is InChI=1S/C14H10F3N3O3/c15-14(16,17)9-2-1-8(7-18)10(5-9)19-11-6-12(22)20(3-4-21)13(11)23/h1-2,5-6,19,21H,3-4H2. The van der Waals surface area contributed by atoms with Gasteiger partial charge >= 0.3 is 6.18 Å². The number of nitrogens with one attached hydrogen (secondary N) is 1. The van der Waals surface area contributed by atoms with Crippen LogP contribution in [0.5, 0.6) is 0 Å². The molecule has 9 heteroatoms. The largest absolute Gasteiger partial charge is 0.416 e. The summed E-state index contributed by atoms with van der Waals surface area (Å²) in [6, 6.07) is 4.11. The van der Waals surface area contributed by atoms with Gasteiger partial charge < -0.3 is 10.4 Å². The molecular weight excluding hydrogens is 315 g/mol. The Balaban J connectivity index is 2.33. The smallest absolute Gasteiger partial charge is 0.395 e. The van der Waals surface area contributed by atoms with Crippen molar-refractivity contribution in [2.24, 2.45) is 0 Å². The Kier molecular flexibility index (Phi) is 4.38. The predicted molar refractivity (Wildman–Crippen MR) is 71.7 cm³/mol. The van der Waals surface area contributed by atoms with Gasteiger partial charge in [0.15, 0.2) is 0 Å². The number of β-amino-alcohol motifs (C(OH)–C–C–N with tert-alkyl or cyclic N) is 1. The van der Waals surface area contributed by atoms with E-state index >= 15 is 0 Å². The fourth-order valence-corrected chi connectivity index (χ4v) is 1.98. The molecule has 6 nitrogen and oxygen atoms in total. The molecule has 1 heterocycles. The average molecular weight is 325 g/mol. The Morgan fingerprint density at radius 3 is 2.57 bits per heavy atom. The van der Waals surface area contributed by atoms with Crippen molar-refractivity contribution in [3.05, 3.63) is 41.1 Å². The third-order valence-electron chi connectivity index (χ3n) is 3.07. The van der Waals surface area contributed by atoms with Crippen LogP contribution in [-0.2, 0) is 15.8 Å². The number of amides is 2. The second-order valence-electron chi connectivity index (χ2n) is 4.57. The summed E-state index contributed by atoms with van der Waals surface area (Å²) in [6.07, 6.45) is -3.71. The van der Waals surface area contributed by atoms with Crippen LogP contribution in [0, 0.1) is 11.3 Å². The summed E-state index contributed by atoms with van der Waals surface area (Å²) in [7, 11) is 0. The van der Waals surface area contributed by atoms with Crippen molar-refractivity contribution in [1.82, 2.24) is 4.90 Å². The van der Waals surface area contributed by atoms with Crippen molar-refractivity contribution < 1.29 is 27.9 Å². The van der Waals surface area contributed by atoms with Gasteiger partial charge in [-0.3, -0.25) is 14.5 Å². The number of nitriles is 1. The molecule has 0 unspecified atom stereocenters.